The van der Waals surface area contributed by atoms with Crippen molar-refractivity contribution in [1.82, 2.24) is 14.9 Å². The summed E-state index contributed by atoms with van der Waals surface area (Å²) in [6.45, 7) is 1.77. The van der Waals surface area contributed by atoms with Gasteiger partial charge in [-0.25, -0.2) is 13.2 Å². The number of ether oxygens (including phenoxy) is 1. The van der Waals surface area contributed by atoms with Crippen LogP contribution >= 0.6 is 0 Å². The van der Waals surface area contributed by atoms with Crippen LogP contribution in [0.2, 0.25) is 0 Å². The second kappa shape index (κ2) is 9.65. The summed E-state index contributed by atoms with van der Waals surface area (Å²) in [5.74, 6) is -1.82. The second-order valence-electron chi connectivity index (χ2n) is 6.47. The Morgan fingerprint density at radius 1 is 1.11 bits per heavy atom. The van der Waals surface area contributed by atoms with Crippen LogP contribution in [0.5, 0.6) is 0 Å². The van der Waals surface area contributed by atoms with Gasteiger partial charge >= 0.3 is 5.97 Å². The summed E-state index contributed by atoms with van der Waals surface area (Å²) >= 11 is 0. The molecule has 0 atom stereocenters. The zero-order valence-corrected chi connectivity index (χ0v) is 16.8. The summed E-state index contributed by atoms with van der Waals surface area (Å²) in [6.07, 6.45) is 2.62. The predicted octanol–water partition coefficient (Wildman–Crippen LogP) is 0.189. The van der Waals surface area contributed by atoms with Crippen LogP contribution in [0.15, 0.2) is 23.1 Å². The Hall–Kier alpha value is -2.46. The lowest BCUT2D eigenvalue weighted by molar-refractivity contribution is -0.127. The van der Waals surface area contributed by atoms with Crippen molar-refractivity contribution < 1.29 is 27.5 Å². The molecule has 10 heteroatoms. The molecule has 0 aliphatic carbocycles. The van der Waals surface area contributed by atoms with E-state index in [-0.39, 0.29) is 22.9 Å². The summed E-state index contributed by atoms with van der Waals surface area (Å²) in [4.78, 5) is 35.1. The quantitative estimate of drug-likeness (QED) is 0.618. The third kappa shape index (κ3) is 5.52. The van der Waals surface area contributed by atoms with E-state index in [2.05, 4.69) is 10.6 Å². The Bertz CT molecular complexity index is 847. The van der Waals surface area contributed by atoms with Crippen LogP contribution in [0, 0.1) is 6.92 Å². The number of benzene rings is 1. The number of likely N-dealkylation sites (N-methyl/N-ethyl adjacent to an activating group) is 1. The second-order valence-corrected chi connectivity index (χ2v) is 8.41. The van der Waals surface area contributed by atoms with E-state index in [0.29, 0.717) is 18.7 Å². The van der Waals surface area contributed by atoms with Crippen LogP contribution in [-0.4, -0.2) is 63.8 Å². The Morgan fingerprint density at radius 3 is 2.43 bits per heavy atom. The van der Waals surface area contributed by atoms with Crippen LogP contribution in [0.3, 0.4) is 0 Å². The van der Waals surface area contributed by atoms with E-state index in [0.717, 1.165) is 19.3 Å². The number of esters is 1. The van der Waals surface area contributed by atoms with Crippen LogP contribution < -0.4 is 10.6 Å². The number of sulfonamides is 1. The number of amides is 2. The van der Waals surface area contributed by atoms with Gasteiger partial charge in [0, 0.05) is 20.1 Å². The summed E-state index contributed by atoms with van der Waals surface area (Å²) in [6, 6.07) is 4.29. The minimum Gasteiger partial charge on any atom is -0.452 e. The zero-order chi connectivity index (χ0) is 20.7. The van der Waals surface area contributed by atoms with Crippen molar-refractivity contribution >= 4 is 27.8 Å². The lowest BCUT2D eigenvalue weighted by Crippen LogP contribution is -2.37. The number of hydrogen-bond acceptors (Lipinski definition) is 6. The monoisotopic (exact) mass is 411 g/mol. The summed E-state index contributed by atoms with van der Waals surface area (Å²) in [5, 5.41) is 4.65. The number of piperidine rings is 1. The van der Waals surface area contributed by atoms with Crippen molar-refractivity contribution in [2.45, 2.75) is 31.1 Å². The molecule has 0 radical (unpaired) electrons. The first-order valence-corrected chi connectivity index (χ1v) is 10.4. The third-order valence-electron chi connectivity index (χ3n) is 4.44. The average Bonchev–Trinajstić information content (AvgIpc) is 2.70. The number of rotatable bonds is 7. The Balaban J connectivity index is 2.06. The topological polar surface area (TPSA) is 122 Å². The van der Waals surface area contributed by atoms with Gasteiger partial charge in [0.1, 0.15) is 0 Å². The summed E-state index contributed by atoms with van der Waals surface area (Å²) in [7, 11) is -2.25. The van der Waals surface area contributed by atoms with Gasteiger partial charge in [-0.3, -0.25) is 9.59 Å². The minimum absolute atomic E-state index is 0.0241. The average molecular weight is 411 g/mol. The molecular formula is C18H25N3O6S. The van der Waals surface area contributed by atoms with Gasteiger partial charge < -0.3 is 15.4 Å². The predicted molar refractivity (Wildman–Crippen MR) is 101 cm³/mol. The normalized spacial score (nSPS) is 14.9. The van der Waals surface area contributed by atoms with E-state index >= 15 is 0 Å². The fourth-order valence-electron chi connectivity index (χ4n) is 2.76. The number of carbonyl (C=O) groups excluding carboxylic acids is 3. The van der Waals surface area contributed by atoms with Gasteiger partial charge in [0.05, 0.1) is 17.0 Å². The van der Waals surface area contributed by atoms with E-state index in [4.69, 9.17) is 4.74 Å². The van der Waals surface area contributed by atoms with Gasteiger partial charge in [-0.2, -0.15) is 4.31 Å². The van der Waals surface area contributed by atoms with Crippen LogP contribution in [0.25, 0.3) is 0 Å². The van der Waals surface area contributed by atoms with Crippen LogP contribution in [0.1, 0.15) is 35.2 Å². The molecule has 2 rings (SSSR count). The third-order valence-corrected chi connectivity index (χ3v) is 6.34. The smallest absolute Gasteiger partial charge is 0.338 e. The highest BCUT2D eigenvalue weighted by molar-refractivity contribution is 7.89. The van der Waals surface area contributed by atoms with Gasteiger partial charge in [-0.1, -0.05) is 12.5 Å². The molecule has 2 amide bonds. The molecule has 1 aliphatic rings. The molecule has 1 aromatic rings. The van der Waals surface area contributed by atoms with Crippen molar-refractivity contribution in [2.24, 2.45) is 0 Å². The molecular weight excluding hydrogens is 386 g/mol. The Morgan fingerprint density at radius 2 is 1.79 bits per heavy atom. The molecule has 28 heavy (non-hydrogen) atoms. The Kier molecular flexibility index (Phi) is 7.53. The molecule has 2 N–H and O–H groups in total. The molecule has 1 aliphatic heterocycles. The summed E-state index contributed by atoms with van der Waals surface area (Å²) in [5.41, 5.74) is 0.616. The molecule has 0 spiro atoms. The highest BCUT2D eigenvalue weighted by atomic mass is 32.2. The highest BCUT2D eigenvalue weighted by Gasteiger charge is 2.27. The van der Waals surface area contributed by atoms with Crippen molar-refractivity contribution in [3.8, 4) is 0 Å². The first-order valence-electron chi connectivity index (χ1n) is 9.01. The Labute approximate surface area is 164 Å². The standard InChI is InChI=1S/C18H25N3O6S/c1-13-6-7-14(28(25,26)21-8-4-3-5-9-21)10-15(13)18(24)27-12-17(23)20-11-16(22)19-2/h6-7,10H,3-5,8-9,11-12H2,1-2H3,(H,19,22)(H,20,23). The number of carbonyl (C=O) groups is 3. The molecule has 154 valence electrons. The fourth-order valence-corrected chi connectivity index (χ4v) is 4.31. The SMILES string of the molecule is CNC(=O)CNC(=O)COC(=O)c1cc(S(=O)(=O)N2CCCCC2)ccc1C. The van der Waals surface area contributed by atoms with E-state index in [1.807, 2.05) is 0 Å². The first kappa shape index (κ1) is 21.8. The molecule has 1 fully saturated rings. The molecule has 0 aromatic heterocycles. The fraction of sp³-hybridized carbons (Fsp3) is 0.500. The van der Waals surface area contributed by atoms with E-state index in [1.54, 1.807) is 13.0 Å². The van der Waals surface area contributed by atoms with E-state index in [1.165, 1.54) is 23.5 Å². The van der Waals surface area contributed by atoms with Crippen molar-refractivity contribution in [1.29, 1.82) is 0 Å². The summed E-state index contributed by atoms with van der Waals surface area (Å²) < 4.78 is 32.0. The molecule has 0 unspecified atom stereocenters. The van der Waals surface area contributed by atoms with Crippen LogP contribution in [0.4, 0.5) is 0 Å². The van der Waals surface area contributed by atoms with Crippen LogP contribution in [-0.2, 0) is 24.3 Å². The maximum Gasteiger partial charge on any atom is 0.338 e. The van der Waals surface area contributed by atoms with E-state index < -0.39 is 28.5 Å². The molecule has 1 saturated heterocycles. The number of hydrogen-bond donors (Lipinski definition) is 2. The molecule has 1 heterocycles. The van der Waals surface area contributed by atoms with E-state index in [9.17, 15) is 22.8 Å². The lowest BCUT2D eigenvalue weighted by Gasteiger charge is -2.26. The van der Waals surface area contributed by atoms with Gasteiger partial charge in [0.25, 0.3) is 5.91 Å². The number of nitrogens with zero attached hydrogens (tertiary/aromatic N) is 1. The van der Waals surface area contributed by atoms with Crippen molar-refractivity contribution in [3.05, 3.63) is 29.3 Å². The zero-order valence-electron chi connectivity index (χ0n) is 16.0. The molecule has 0 bridgehead atoms. The largest absolute Gasteiger partial charge is 0.452 e. The lowest BCUT2D eigenvalue weighted by atomic mass is 10.1. The molecule has 1 aromatic carbocycles. The van der Waals surface area contributed by atoms with Crippen molar-refractivity contribution in [3.63, 3.8) is 0 Å². The first-order chi connectivity index (χ1) is 13.3. The number of aryl methyl sites for hydroxylation is 1. The van der Waals surface area contributed by atoms with Crippen molar-refractivity contribution in [2.75, 3.05) is 33.3 Å². The number of nitrogens with one attached hydrogen (secondary N) is 2. The molecule has 0 saturated carbocycles. The van der Waals surface area contributed by atoms with Gasteiger partial charge in [0.15, 0.2) is 6.61 Å². The van der Waals surface area contributed by atoms with Gasteiger partial charge in [-0.05, 0) is 37.5 Å². The molecule has 9 nitrogen and oxygen atoms in total. The maximum atomic E-state index is 12.8. The minimum atomic E-state index is -3.69. The van der Waals surface area contributed by atoms with Gasteiger partial charge in [-0.15, -0.1) is 0 Å². The highest BCUT2D eigenvalue weighted by Crippen LogP contribution is 2.23. The maximum absolute atomic E-state index is 12.8. The van der Waals surface area contributed by atoms with Gasteiger partial charge in [0.2, 0.25) is 15.9 Å².